The molecule has 0 aromatic heterocycles. The molecular weight excluding hydrogens is 260 g/mol. The molecule has 19 heavy (non-hydrogen) atoms. The summed E-state index contributed by atoms with van der Waals surface area (Å²) in [5.74, 6) is 0.454. The first kappa shape index (κ1) is 14.0. The van der Waals surface area contributed by atoms with E-state index in [4.69, 9.17) is 5.26 Å². The van der Waals surface area contributed by atoms with Crippen LogP contribution in [-0.2, 0) is 15.8 Å². The molecular formula is C14H18N2O2S. The average molecular weight is 278 g/mol. The Balaban J connectivity index is 2.09. The van der Waals surface area contributed by atoms with Crippen molar-refractivity contribution in [3.05, 3.63) is 35.4 Å². The smallest absolute Gasteiger partial charge is 0.212 e. The third kappa shape index (κ3) is 3.55. The van der Waals surface area contributed by atoms with Crippen LogP contribution >= 0.6 is 0 Å². The highest BCUT2D eigenvalue weighted by Gasteiger charge is 2.27. The van der Waals surface area contributed by atoms with E-state index >= 15 is 0 Å². The van der Waals surface area contributed by atoms with E-state index in [2.05, 4.69) is 6.92 Å². The molecule has 0 unspecified atom stereocenters. The van der Waals surface area contributed by atoms with Crippen molar-refractivity contribution in [2.75, 3.05) is 13.1 Å². The molecule has 5 heteroatoms. The molecule has 4 nitrogen and oxygen atoms in total. The normalized spacial score (nSPS) is 20.9. The number of benzene rings is 1. The van der Waals surface area contributed by atoms with E-state index in [9.17, 15) is 8.42 Å². The number of hydrogen-bond acceptors (Lipinski definition) is 3. The van der Waals surface area contributed by atoms with Crippen LogP contribution in [0.1, 0.15) is 30.9 Å². The standard InChI is InChI=1S/C14H18N2O2S/c1-12-3-2-8-16(10-12)19(17,18)11-14-6-4-13(9-15)5-7-14/h4-7,12H,2-3,8,10-11H2,1H3/t12-/m1/s1. The topological polar surface area (TPSA) is 61.2 Å². The third-order valence-corrected chi connectivity index (χ3v) is 5.26. The fraction of sp³-hybridized carbons (Fsp3) is 0.500. The Morgan fingerprint density at radius 2 is 2.05 bits per heavy atom. The maximum absolute atomic E-state index is 12.3. The van der Waals surface area contributed by atoms with Crippen LogP contribution in [0.15, 0.2) is 24.3 Å². The Kier molecular flexibility index (Phi) is 4.23. The van der Waals surface area contributed by atoms with Crippen LogP contribution in [0.5, 0.6) is 0 Å². The van der Waals surface area contributed by atoms with Gasteiger partial charge in [0.2, 0.25) is 10.0 Å². The first-order valence-electron chi connectivity index (χ1n) is 6.48. The fourth-order valence-corrected chi connectivity index (χ4v) is 4.06. The maximum Gasteiger partial charge on any atom is 0.218 e. The van der Waals surface area contributed by atoms with Crippen LogP contribution in [0.3, 0.4) is 0 Å². The second-order valence-electron chi connectivity index (χ2n) is 5.17. The highest BCUT2D eigenvalue weighted by molar-refractivity contribution is 7.88. The molecule has 1 saturated heterocycles. The van der Waals surface area contributed by atoms with E-state index in [0.29, 0.717) is 24.6 Å². The average Bonchev–Trinajstić information content (AvgIpc) is 2.39. The van der Waals surface area contributed by atoms with Crippen molar-refractivity contribution in [2.24, 2.45) is 5.92 Å². The van der Waals surface area contributed by atoms with Crippen molar-refractivity contribution < 1.29 is 8.42 Å². The molecule has 2 rings (SSSR count). The van der Waals surface area contributed by atoms with Crippen molar-refractivity contribution >= 4 is 10.0 Å². The van der Waals surface area contributed by atoms with Gasteiger partial charge in [-0.1, -0.05) is 19.1 Å². The molecule has 0 radical (unpaired) electrons. The second kappa shape index (κ2) is 5.72. The molecule has 102 valence electrons. The fourth-order valence-electron chi connectivity index (χ4n) is 2.38. The van der Waals surface area contributed by atoms with Gasteiger partial charge in [-0.15, -0.1) is 0 Å². The minimum atomic E-state index is -3.24. The number of hydrogen-bond donors (Lipinski definition) is 0. The van der Waals surface area contributed by atoms with E-state index < -0.39 is 10.0 Å². The minimum absolute atomic E-state index is 0.0193. The summed E-state index contributed by atoms with van der Waals surface area (Å²) in [6, 6.07) is 8.76. The molecule has 0 spiro atoms. The molecule has 0 aliphatic carbocycles. The molecule has 0 N–H and O–H groups in total. The van der Waals surface area contributed by atoms with Gasteiger partial charge in [-0.05, 0) is 36.5 Å². The van der Waals surface area contributed by atoms with Crippen LogP contribution in [0.2, 0.25) is 0 Å². The van der Waals surface area contributed by atoms with E-state index in [1.165, 1.54) is 0 Å². The van der Waals surface area contributed by atoms with Gasteiger partial charge < -0.3 is 0 Å². The zero-order valence-corrected chi connectivity index (χ0v) is 11.9. The molecule has 0 amide bonds. The lowest BCUT2D eigenvalue weighted by Crippen LogP contribution is -2.39. The highest BCUT2D eigenvalue weighted by Crippen LogP contribution is 2.20. The molecule has 1 aromatic carbocycles. The van der Waals surface area contributed by atoms with Crippen LogP contribution < -0.4 is 0 Å². The second-order valence-corrected chi connectivity index (χ2v) is 7.14. The number of nitrogens with zero attached hydrogens (tertiary/aromatic N) is 2. The van der Waals surface area contributed by atoms with Crippen molar-refractivity contribution in [1.82, 2.24) is 4.31 Å². The van der Waals surface area contributed by atoms with Crippen molar-refractivity contribution in [3.8, 4) is 6.07 Å². The van der Waals surface area contributed by atoms with Gasteiger partial charge in [-0.3, -0.25) is 0 Å². The molecule has 0 saturated carbocycles. The summed E-state index contributed by atoms with van der Waals surface area (Å²) < 4.78 is 26.2. The van der Waals surface area contributed by atoms with Gasteiger partial charge in [0.05, 0.1) is 17.4 Å². The molecule has 1 fully saturated rings. The van der Waals surface area contributed by atoms with Gasteiger partial charge in [0.15, 0.2) is 0 Å². The van der Waals surface area contributed by atoms with Gasteiger partial charge >= 0.3 is 0 Å². The number of piperidine rings is 1. The molecule has 1 aliphatic heterocycles. The van der Waals surface area contributed by atoms with E-state index in [0.717, 1.165) is 18.4 Å². The monoisotopic (exact) mass is 278 g/mol. The Bertz CT molecular complexity index is 572. The lowest BCUT2D eigenvalue weighted by atomic mass is 10.0. The van der Waals surface area contributed by atoms with Gasteiger partial charge in [0.25, 0.3) is 0 Å². The van der Waals surface area contributed by atoms with Gasteiger partial charge in [-0.25, -0.2) is 12.7 Å². The Labute approximate surface area is 114 Å². The molecule has 1 aromatic rings. The quantitative estimate of drug-likeness (QED) is 0.851. The largest absolute Gasteiger partial charge is 0.218 e. The van der Waals surface area contributed by atoms with Crippen molar-refractivity contribution in [2.45, 2.75) is 25.5 Å². The SMILES string of the molecule is C[C@@H]1CCCN(S(=O)(=O)Cc2ccc(C#N)cc2)C1. The first-order valence-corrected chi connectivity index (χ1v) is 8.09. The van der Waals surface area contributed by atoms with Crippen LogP contribution in [0.4, 0.5) is 0 Å². The van der Waals surface area contributed by atoms with Crippen LogP contribution in [0, 0.1) is 17.2 Å². The van der Waals surface area contributed by atoms with Gasteiger partial charge in [0, 0.05) is 13.1 Å². The molecule has 1 atom stereocenters. The summed E-state index contributed by atoms with van der Waals surface area (Å²) in [5.41, 5.74) is 1.28. The summed E-state index contributed by atoms with van der Waals surface area (Å²) in [5, 5.41) is 8.72. The number of rotatable bonds is 3. The lowest BCUT2D eigenvalue weighted by Gasteiger charge is -2.30. The Morgan fingerprint density at radius 3 is 2.63 bits per heavy atom. The molecule has 1 aliphatic rings. The van der Waals surface area contributed by atoms with Crippen LogP contribution in [-0.4, -0.2) is 25.8 Å². The molecule has 1 heterocycles. The summed E-state index contributed by atoms with van der Waals surface area (Å²) in [6.07, 6.45) is 2.04. The van der Waals surface area contributed by atoms with E-state index in [1.807, 2.05) is 6.07 Å². The van der Waals surface area contributed by atoms with Gasteiger partial charge in [0.1, 0.15) is 0 Å². The Hall–Kier alpha value is -1.38. The molecule has 0 bridgehead atoms. The number of sulfonamides is 1. The summed E-state index contributed by atoms with van der Waals surface area (Å²) >= 11 is 0. The maximum atomic E-state index is 12.3. The predicted molar refractivity (Wildman–Crippen MR) is 73.8 cm³/mol. The van der Waals surface area contributed by atoms with Gasteiger partial charge in [-0.2, -0.15) is 5.26 Å². The summed E-state index contributed by atoms with van der Waals surface area (Å²) in [7, 11) is -3.24. The zero-order valence-electron chi connectivity index (χ0n) is 11.0. The predicted octanol–water partition coefficient (Wildman–Crippen LogP) is 2.12. The van der Waals surface area contributed by atoms with Crippen molar-refractivity contribution in [1.29, 1.82) is 5.26 Å². The Morgan fingerprint density at radius 1 is 1.37 bits per heavy atom. The van der Waals surface area contributed by atoms with Crippen LogP contribution in [0.25, 0.3) is 0 Å². The minimum Gasteiger partial charge on any atom is -0.212 e. The first-order chi connectivity index (χ1) is 9.01. The third-order valence-electron chi connectivity index (χ3n) is 3.45. The highest BCUT2D eigenvalue weighted by atomic mass is 32.2. The summed E-state index contributed by atoms with van der Waals surface area (Å²) in [4.78, 5) is 0. The number of nitriles is 1. The van der Waals surface area contributed by atoms with E-state index in [1.54, 1.807) is 28.6 Å². The van der Waals surface area contributed by atoms with Crippen molar-refractivity contribution in [3.63, 3.8) is 0 Å². The van der Waals surface area contributed by atoms with E-state index in [-0.39, 0.29) is 5.75 Å². The zero-order chi connectivity index (χ0) is 13.9. The lowest BCUT2D eigenvalue weighted by molar-refractivity contribution is 0.281. The summed E-state index contributed by atoms with van der Waals surface area (Å²) in [6.45, 7) is 3.34.